The van der Waals surface area contributed by atoms with Crippen molar-refractivity contribution in [3.63, 3.8) is 0 Å². The number of carbonyl (C=O) groups is 1. The van der Waals surface area contributed by atoms with Crippen LogP contribution in [-0.2, 0) is 0 Å². The quantitative estimate of drug-likeness (QED) is 0.863. The number of hydrogen-bond donors (Lipinski definition) is 2. The summed E-state index contributed by atoms with van der Waals surface area (Å²) >= 11 is 0. The largest absolute Gasteiger partial charge is 0.333 e. The van der Waals surface area contributed by atoms with Gasteiger partial charge in [0.15, 0.2) is 0 Å². The first kappa shape index (κ1) is 12.8. The number of halogens is 1. The van der Waals surface area contributed by atoms with Crippen molar-refractivity contribution >= 4 is 11.7 Å². The average molecular weight is 251 g/mol. The first-order valence-electron chi connectivity index (χ1n) is 6.12. The van der Waals surface area contributed by atoms with Crippen molar-refractivity contribution in [3.8, 4) is 0 Å². The van der Waals surface area contributed by atoms with E-state index < -0.39 is 5.82 Å². The minimum atomic E-state index is -0.426. The van der Waals surface area contributed by atoms with Gasteiger partial charge in [0.2, 0.25) is 0 Å². The van der Waals surface area contributed by atoms with E-state index >= 15 is 0 Å². The normalized spacial score (nSPS) is 16.4. The highest BCUT2D eigenvalue weighted by molar-refractivity contribution is 5.89. The molecule has 4 nitrogen and oxygen atoms in total. The van der Waals surface area contributed by atoms with Gasteiger partial charge in [0.1, 0.15) is 5.82 Å². The number of hydrogen-bond acceptors (Lipinski definition) is 2. The predicted molar refractivity (Wildman–Crippen MR) is 69.1 cm³/mol. The highest BCUT2D eigenvalue weighted by Crippen LogP contribution is 2.14. The molecule has 0 saturated carbocycles. The molecule has 0 radical (unpaired) electrons. The first-order chi connectivity index (χ1) is 8.56. The van der Waals surface area contributed by atoms with Gasteiger partial charge in [0.05, 0.1) is 11.7 Å². The Morgan fingerprint density at radius 3 is 2.67 bits per heavy atom. The van der Waals surface area contributed by atoms with Gasteiger partial charge in [-0.1, -0.05) is 12.1 Å². The fraction of sp³-hybridized carbons (Fsp3) is 0.462. The van der Waals surface area contributed by atoms with Crippen LogP contribution in [0.1, 0.15) is 13.8 Å². The van der Waals surface area contributed by atoms with Gasteiger partial charge in [-0.2, -0.15) is 0 Å². The van der Waals surface area contributed by atoms with Crippen LogP contribution in [0, 0.1) is 5.82 Å². The summed E-state index contributed by atoms with van der Waals surface area (Å²) in [5, 5.41) is 5.33. The molecule has 98 valence electrons. The van der Waals surface area contributed by atoms with Crippen LogP contribution in [0.2, 0.25) is 0 Å². The van der Waals surface area contributed by atoms with Crippen molar-refractivity contribution in [2.24, 2.45) is 0 Å². The molecular formula is C13H18FN3O. The highest BCUT2D eigenvalue weighted by Gasteiger charge is 2.29. The summed E-state index contributed by atoms with van der Waals surface area (Å²) in [6, 6.07) is 6.42. The molecule has 1 aliphatic rings. The van der Waals surface area contributed by atoms with Gasteiger partial charge in [-0.25, -0.2) is 9.18 Å². The molecule has 18 heavy (non-hydrogen) atoms. The van der Waals surface area contributed by atoms with Gasteiger partial charge >= 0.3 is 6.03 Å². The number of nitrogens with one attached hydrogen (secondary N) is 2. The maximum absolute atomic E-state index is 13.3. The van der Waals surface area contributed by atoms with Crippen molar-refractivity contribution in [2.75, 3.05) is 18.4 Å². The lowest BCUT2D eigenvalue weighted by atomic mass is 10.1. The molecule has 1 aromatic rings. The molecule has 1 aromatic carbocycles. The molecule has 0 unspecified atom stereocenters. The molecule has 2 rings (SSSR count). The van der Waals surface area contributed by atoms with E-state index in [1.165, 1.54) is 12.1 Å². The van der Waals surface area contributed by atoms with Crippen LogP contribution in [0.5, 0.6) is 0 Å². The number of urea groups is 1. The number of anilines is 1. The van der Waals surface area contributed by atoms with E-state index in [0.717, 1.165) is 13.1 Å². The molecule has 1 fully saturated rings. The number of carbonyl (C=O) groups excluding carboxylic acids is 1. The second-order valence-corrected chi connectivity index (χ2v) is 4.82. The maximum Gasteiger partial charge on any atom is 0.319 e. The van der Waals surface area contributed by atoms with Crippen LogP contribution in [0.3, 0.4) is 0 Å². The molecular weight excluding hydrogens is 233 g/mol. The molecule has 0 spiro atoms. The monoisotopic (exact) mass is 251 g/mol. The number of para-hydroxylation sites is 1. The van der Waals surface area contributed by atoms with E-state index in [1.807, 2.05) is 0 Å². The van der Waals surface area contributed by atoms with Crippen LogP contribution in [0.15, 0.2) is 24.3 Å². The standard InChI is InChI=1S/C13H18FN3O/c1-9(2)17-7-10(8-17)15-13(18)16-12-6-4-3-5-11(12)14/h3-6,9-10H,7-8H2,1-2H3,(H2,15,16,18). The lowest BCUT2D eigenvalue weighted by Crippen LogP contribution is -2.61. The van der Waals surface area contributed by atoms with Crippen LogP contribution >= 0.6 is 0 Å². The summed E-state index contributed by atoms with van der Waals surface area (Å²) in [7, 11) is 0. The summed E-state index contributed by atoms with van der Waals surface area (Å²) in [6.45, 7) is 5.94. The van der Waals surface area contributed by atoms with Crippen molar-refractivity contribution < 1.29 is 9.18 Å². The Labute approximate surface area is 106 Å². The molecule has 0 aliphatic carbocycles. The Balaban J connectivity index is 1.79. The Morgan fingerprint density at radius 2 is 2.06 bits per heavy atom. The minimum absolute atomic E-state index is 0.152. The molecule has 1 heterocycles. The number of rotatable bonds is 3. The molecule has 1 aliphatic heterocycles. The lowest BCUT2D eigenvalue weighted by molar-refractivity contribution is 0.0975. The van der Waals surface area contributed by atoms with E-state index in [0.29, 0.717) is 6.04 Å². The number of nitrogens with zero attached hydrogens (tertiary/aromatic N) is 1. The average Bonchev–Trinajstić information content (AvgIpc) is 2.25. The van der Waals surface area contributed by atoms with Gasteiger partial charge in [-0.15, -0.1) is 0 Å². The zero-order chi connectivity index (χ0) is 13.1. The van der Waals surface area contributed by atoms with E-state index in [9.17, 15) is 9.18 Å². The lowest BCUT2D eigenvalue weighted by Gasteiger charge is -2.42. The highest BCUT2D eigenvalue weighted by atomic mass is 19.1. The van der Waals surface area contributed by atoms with Crippen LogP contribution < -0.4 is 10.6 Å². The van der Waals surface area contributed by atoms with E-state index in [-0.39, 0.29) is 17.8 Å². The smallest absolute Gasteiger partial charge is 0.319 e. The molecule has 2 N–H and O–H groups in total. The van der Waals surface area contributed by atoms with Gasteiger partial charge in [-0.05, 0) is 26.0 Å². The Bertz CT molecular complexity index is 430. The summed E-state index contributed by atoms with van der Waals surface area (Å²) < 4.78 is 13.3. The van der Waals surface area contributed by atoms with Crippen molar-refractivity contribution in [1.82, 2.24) is 10.2 Å². The second-order valence-electron chi connectivity index (χ2n) is 4.82. The number of amides is 2. The topological polar surface area (TPSA) is 44.4 Å². The second kappa shape index (κ2) is 5.35. The summed E-state index contributed by atoms with van der Waals surface area (Å²) in [4.78, 5) is 13.9. The summed E-state index contributed by atoms with van der Waals surface area (Å²) in [6.07, 6.45) is 0. The van der Waals surface area contributed by atoms with Crippen LogP contribution in [0.4, 0.5) is 14.9 Å². The third kappa shape index (κ3) is 2.98. The van der Waals surface area contributed by atoms with Crippen LogP contribution in [0.25, 0.3) is 0 Å². The van der Waals surface area contributed by atoms with E-state index in [2.05, 4.69) is 29.4 Å². The summed E-state index contributed by atoms with van der Waals surface area (Å²) in [5.41, 5.74) is 0.204. The van der Waals surface area contributed by atoms with Crippen molar-refractivity contribution in [3.05, 3.63) is 30.1 Å². The zero-order valence-corrected chi connectivity index (χ0v) is 10.6. The fourth-order valence-electron chi connectivity index (χ4n) is 1.93. The van der Waals surface area contributed by atoms with Crippen molar-refractivity contribution in [1.29, 1.82) is 0 Å². The molecule has 0 atom stereocenters. The van der Waals surface area contributed by atoms with Gasteiger partial charge in [-0.3, -0.25) is 4.90 Å². The SMILES string of the molecule is CC(C)N1CC(NC(=O)Nc2ccccc2F)C1. The molecule has 2 amide bonds. The van der Waals surface area contributed by atoms with Gasteiger partial charge in [0, 0.05) is 19.1 Å². The van der Waals surface area contributed by atoms with Gasteiger partial charge in [0.25, 0.3) is 0 Å². The summed E-state index contributed by atoms with van der Waals surface area (Å²) in [5.74, 6) is -0.426. The minimum Gasteiger partial charge on any atom is -0.333 e. The fourth-order valence-corrected chi connectivity index (χ4v) is 1.93. The molecule has 0 aromatic heterocycles. The van der Waals surface area contributed by atoms with Gasteiger partial charge < -0.3 is 10.6 Å². The Kier molecular flexibility index (Phi) is 3.81. The third-order valence-electron chi connectivity index (χ3n) is 3.10. The number of benzene rings is 1. The zero-order valence-electron chi connectivity index (χ0n) is 10.6. The first-order valence-corrected chi connectivity index (χ1v) is 6.12. The maximum atomic E-state index is 13.3. The van der Waals surface area contributed by atoms with Crippen LogP contribution in [-0.4, -0.2) is 36.1 Å². The molecule has 5 heteroatoms. The van der Waals surface area contributed by atoms with E-state index in [1.54, 1.807) is 12.1 Å². The Hall–Kier alpha value is -1.62. The Morgan fingerprint density at radius 1 is 1.39 bits per heavy atom. The molecule has 1 saturated heterocycles. The predicted octanol–water partition coefficient (Wildman–Crippen LogP) is 2.04. The number of likely N-dealkylation sites (tertiary alicyclic amines) is 1. The molecule has 0 bridgehead atoms. The third-order valence-corrected chi connectivity index (χ3v) is 3.10. The van der Waals surface area contributed by atoms with E-state index in [4.69, 9.17) is 0 Å². The van der Waals surface area contributed by atoms with Crippen molar-refractivity contribution in [2.45, 2.75) is 25.9 Å².